The number of nitrogens with zero attached hydrogens (tertiary/aromatic N) is 3. The van der Waals surface area contributed by atoms with Crippen molar-refractivity contribution in [2.75, 3.05) is 13.1 Å². The highest BCUT2D eigenvalue weighted by Gasteiger charge is 2.32. The molecule has 1 fully saturated rings. The second kappa shape index (κ2) is 4.89. The first kappa shape index (κ1) is 12.1. The number of furan rings is 1. The average molecular weight is 321 g/mol. The fourth-order valence-corrected chi connectivity index (χ4v) is 1.80. The molecule has 0 atom stereocenters. The molecule has 1 saturated heterocycles. The SMILES string of the molecule is O=C(Cl)N1CCN(N=Cc2ccc(Br)o2)C1=O. The smallest absolute Gasteiger partial charge is 0.348 e. The predicted octanol–water partition coefficient (Wildman–Crippen LogP) is 2.47. The second-order valence-electron chi connectivity index (χ2n) is 3.20. The maximum absolute atomic E-state index is 11.6. The van der Waals surface area contributed by atoms with Gasteiger partial charge in [-0.25, -0.2) is 14.7 Å². The average Bonchev–Trinajstić information content (AvgIpc) is 2.82. The van der Waals surface area contributed by atoms with Gasteiger partial charge < -0.3 is 4.42 Å². The fourth-order valence-electron chi connectivity index (χ4n) is 1.32. The van der Waals surface area contributed by atoms with Crippen LogP contribution in [0, 0.1) is 0 Å². The minimum absolute atomic E-state index is 0.236. The molecule has 1 aromatic heterocycles. The molecule has 1 aromatic rings. The summed E-state index contributed by atoms with van der Waals surface area (Å²) in [5, 5.41) is 4.26. The lowest BCUT2D eigenvalue weighted by Gasteiger charge is -2.09. The zero-order valence-corrected chi connectivity index (χ0v) is 10.8. The van der Waals surface area contributed by atoms with E-state index < -0.39 is 11.4 Å². The van der Waals surface area contributed by atoms with Crippen molar-refractivity contribution in [1.82, 2.24) is 9.91 Å². The third kappa shape index (κ3) is 2.67. The van der Waals surface area contributed by atoms with E-state index >= 15 is 0 Å². The molecule has 0 radical (unpaired) electrons. The molecule has 3 amide bonds. The summed E-state index contributed by atoms with van der Waals surface area (Å²) < 4.78 is 5.75. The van der Waals surface area contributed by atoms with E-state index in [9.17, 15) is 9.59 Å². The monoisotopic (exact) mass is 319 g/mol. The molecule has 1 aliphatic rings. The Hall–Kier alpha value is -1.34. The highest BCUT2D eigenvalue weighted by atomic mass is 79.9. The van der Waals surface area contributed by atoms with E-state index in [1.54, 1.807) is 12.1 Å². The molecule has 0 saturated carbocycles. The molecule has 0 bridgehead atoms. The molecule has 17 heavy (non-hydrogen) atoms. The molecule has 0 unspecified atom stereocenters. The van der Waals surface area contributed by atoms with Crippen LogP contribution in [0.1, 0.15) is 5.76 Å². The summed E-state index contributed by atoms with van der Waals surface area (Å²) in [6, 6.07) is 2.87. The minimum atomic E-state index is -0.798. The molecule has 0 aromatic carbocycles. The third-order valence-corrected chi connectivity index (χ3v) is 2.75. The molecule has 8 heteroatoms. The third-order valence-electron chi connectivity index (χ3n) is 2.12. The Labute approximate surface area is 110 Å². The summed E-state index contributed by atoms with van der Waals surface area (Å²) in [7, 11) is 0. The van der Waals surface area contributed by atoms with Crippen molar-refractivity contribution >= 4 is 45.1 Å². The Bertz CT molecular complexity index is 488. The number of halogens is 2. The van der Waals surface area contributed by atoms with Gasteiger partial charge in [-0.1, -0.05) is 0 Å². The number of urea groups is 1. The maximum atomic E-state index is 11.6. The van der Waals surface area contributed by atoms with Crippen LogP contribution < -0.4 is 0 Å². The van der Waals surface area contributed by atoms with Crippen LogP contribution in [0.4, 0.5) is 9.59 Å². The zero-order chi connectivity index (χ0) is 12.4. The number of amides is 3. The Morgan fingerprint density at radius 1 is 1.53 bits per heavy atom. The van der Waals surface area contributed by atoms with Crippen LogP contribution >= 0.6 is 27.5 Å². The van der Waals surface area contributed by atoms with Gasteiger partial charge in [0.15, 0.2) is 4.67 Å². The summed E-state index contributed by atoms with van der Waals surface area (Å²) in [6.45, 7) is 0.552. The lowest BCUT2D eigenvalue weighted by molar-refractivity contribution is 0.195. The number of hydrogen-bond donors (Lipinski definition) is 0. The van der Waals surface area contributed by atoms with Crippen LogP contribution in [0.5, 0.6) is 0 Å². The maximum Gasteiger partial charge on any atom is 0.348 e. The van der Waals surface area contributed by atoms with Crippen molar-refractivity contribution in [2.24, 2.45) is 5.10 Å². The first-order valence-electron chi connectivity index (χ1n) is 4.66. The highest BCUT2D eigenvalue weighted by Crippen LogP contribution is 2.14. The van der Waals surface area contributed by atoms with E-state index in [1.165, 1.54) is 6.21 Å². The lowest BCUT2D eigenvalue weighted by atomic mass is 10.5. The quantitative estimate of drug-likeness (QED) is 0.477. The fraction of sp³-hybridized carbons (Fsp3) is 0.222. The van der Waals surface area contributed by atoms with E-state index in [1.807, 2.05) is 0 Å². The van der Waals surface area contributed by atoms with Gasteiger partial charge in [0.05, 0.1) is 19.3 Å². The van der Waals surface area contributed by atoms with Crippen molar-refractivity contribution in [3.63, 3.8) is 0 Å². The molecule has 0 aliphatic carbocycles. The minimum Gasteiger partial charge on any atom is -0.448 e. The van der Waals surface area contributed by atoms with Crippen LogP contribution in [-0.4, -0.2) is 40.6 Å². The van der Waals surface area contributed by atoms with E-state index in [2.05, 4.69) is 21.0 Å². The Morgan fingerprint density at radius 3 is 2.82 bits per heavy atom. The van der Waals surface area contributed by atoms with Gasteiger partial charge in [0.2, 0.25) is 0 Å². The number of hydrogen-bond acceptors (Lipinski definition) is 4. The molecule has 0 N–H and O–H groups in total. The first-order valence-corrected chi connectivity index (χ1v) is 5.83. The summed E-state index contributed by atoms with van der Waals surface area (Å²) in [4.78, 5) is 23.3. The molecule has 6 nitrogen and oxygen atoms in total. The van der Waals surface area contributed by atoms with Crippen molar-refractivity contribution in [3.8, 4) is 0 Å². The number of rotatable bonds is 2. The molecule has 0 spiro atoms. The molecule has 1 aliphatic heterocycles. The van der Waals surface area contributed by atoms with Crippen molar-refractivity contribution < 1.29 is 14.0 Å². The molecule has 2 rings (SSSR count). The van der Waals surface area contributed by atoms with Crippen LogP contribution in [0.3, 0.4) is 0 Å². The Balaban J connectivity index is 2.03. The normalized spacial score (nSPS) is 16.2. The van der Waals surface area contributed by atoms with Gasteiger partial charge >= 0.3 is 11.4 Å². The van der Waals surface area contributed by atoms with Gasteiger partial charge in [-0.15, -0.1) is 0 Å². The molecular weight excluding hydrogens is 313 g/mol. The van der Waals surface area contributed by atoms with Gasteiger partial charge in [0, 0.05) is 0 Å². The largest absolute Gasteiger partial charge is 0.448 e. The number of carbonyl (C=O) groups is 2. The van der Waals surface area contributed by atoms with Gasteiger partial charge in [0.25, 0.3) is 0 Å². The van der Waals surface area contributed by atoms with Gasteiger partial charge in [0.1, 0.15) is 5.76 Å². The van der Waals surface area contributed by atoms with Gasteiger partial charge in [-0.2, -0.15) is 5.10 Å². The number of imide groups is 1. The topological polar surface area (TPSA) is 66.1 Å². The summed E-state index contributed by atoms with van der Waals surface area (Å²) in [5.74, 6) is 0.500. The van der Waals surface area contributed by atoms with Crippen LogP contribution in [0.15, 0.2) is 26.3 Å². The van der Waals surface area contributed by atoms with E-state index in [0.717, 1.165) is 9.91 Å². The van der Waals surface area contributed by atoms with E-state index in [-0.39, 0.29) is 6.54 Å². The number of carbonyl (C=O) groups excluding carboxylic acids is 2. The van der Waals surface area contributed by atoms with Crippen LogP contribution in [-0.2, 0) is 0 Å². The van der Waals surface area contributed by atoms with Crippen molar-refractivity contribution in [3.05, 3.63) is 22.6 Å². The Kier molecular flexibility index (Phi) is 3.49. The summed E-state index contributed by atoms with van der Waals surface area (Å²) in [5.41, 5.74) is 0. The predicted molar refractivity (Wildman–Crippen MR) is 64.1 cm³/mol. The standard InChI is InChI=1S/C9H7BrClN3O3/c10-7-2-1-6(17-7)5-12-14-4-3-13(8(11)15)9(14)16/h1-2,5H,3-4H2. The zero-order valence-electron chi connectivity index (χ0n) is 8.47. The molecule has 90 valence electrons. The van der Waals surface area contributed by atoms with Crippen molar-refractivity contribution in [1.29, 1.82) is 0 Å². The lowest BCUT2D eigenvalue weighted by Crippen LogP contribution is -2.30. The second-order valence-corrected chi connectivity index (χ2v) is 4.30. The van der Waals surface area contributed by atoms with E-state index in [4.69, 9.17) is 16.0 Å². The van der Waals surface area contributed by atoms with E-state index in [0.29, 0.717) is 17.0 Å². The number of hydrazone groups is 1. The Morgan fingerprint density at radius 2 is 2.29 bits per heavy atom. The summed E-state index contributed by atoms with van der Waals surface area (Å²) >= 11 is 8.37. The van der Waals surface area contributed by atoms with Crippen LogP contribution in [0.2, 0.25) is 0 Å². The summed E-state index contributed by atoms with van der Waals surface area (Å²) in [6.07, 6.45) is 1.39. The van der Waals surface area contributed by atoms with Gasteiger partial charge in [-0.3, -0.25) is 4.79 Å². The molecule has 2 heterocycles. The van der Waals surface area contributed by atoms with Crippen LogP contribution in [0.25, 0.3) is 0 Å². The van der Waals surface area contributed by atoms with Crippen molar-refractivity contribution in [2.45, 2.75) is 0 Å². The van der Waals surface area contributed by atoms with Gasteiger partial charge in [-0.05, 0) is 39.7 Å². The molecular formula is C9H7BrClN3O3. The highest BCUT2D eigenvalue weighted by molar-refractivity contribution is 9.10. The first-order chi connectivity index (χ1) is 8.08.